The Kier molecular flexibility index (Phi) is 9.10. The zero-order chi connectivity index (χ0) is 26.3. The van der Waals surface area contributed by atoms with E-state index in [1.165, 1.54) is 22.3 Å². The molecule has 3 aromatic carbocycles. The van der Waals surface area contributed by atoms with Crippen LogP contribution in [0.25, 0.3) is 11.1 Å². The summed E-state index contributed by atoms with van der Waals surface area (Å²) in [5.74, 6) is 1.16. The molecule has 0 N–H and O–H groups in total. The Balaban J connectivity index is 1.98. The molecule has 0 aliphatic heterocycles. The van der Waals surface area contributed by atoms with E-state index in [0.29, 0.717) is 18.1 Å². The quantitative estimate of drug-likeness (QED) is 0.272. The molecule has 3 aromatic rings. The Morgan fingerprint density at radius 2 is 1.64 bits per heavy atom. The average molecular weight is 481 g/mol. The van der Waals surface area contributed by atoms with Gasteiger partial charge in [0.25, 0.3) is 0 Å². The van der Waals surface area contributed by atoms with Gasteiger partial charge in [-0.2, -0.15) is 5.26 Å². The van der Waals surface area contributed by atoms with E-state index in [2.05, 4.69) is 101 Å². The maximum Gasteiger partial charge on any atom is 0.140 e. The predicted octanol–water partition coefficient (Wildman–Crippen LogP) is 8.82. The molecule has 0 heterocycles. The SMILES string of the molecule is CC=Nc1ccc(-c2ccc(C(C)(C)c3cc(C#N)c(OCC(C)C)c(CCC)c3)cc2)cc1CC. The lowest BCUT2D eigenvalue weighted by molar-refractivity contribution is 0.267. The molecule has 3 heteroatoms. The van der Waals surface area contributed by atoms with Crippen molar-refractivity contribution in [2.75, 3.05) is 6.61 Å². The van der Waals surface area contributed by atoms with Gasteiger partial charge in [0.05, 0.1) is 17.9 Å². The Morgan fingerprint density at radius 1 is 0.944 bits per heavy atom. The lowest BCUT2D eigenvalue weighted by Crippen LogP contribution is -2.20. The molecule has 0 saturated carbocycles. The number of benzene rings is 3. The molecule has 0 radical (unpaired) electrons. The maximum atomic E-state index is 9.96. The minimum Gasteiger partial charge on any atom is -0.492 e. The molecule has 3 rings (SSSR count). The van der Waals surface area contributed by atoms with E-state index in [4.69, 9.17) is 4.74 Å². The topological polar surface area (TPSA) is 45.4 Å². The molecule has 3 nitrogen and oxygen atoms in total. The van der Waals surface area contributed by atoms with E-state index < -0.39 is 0 Å². The van der Waals surface area contributed by atoms with Gasteiger partial charge in [0, 0.05) is 11.6 Å². The number of hydrogen-bond donors (Lipinski definition) is 0. The van der Waals surface area contributed by atoms with Gasteiger partial charge in [-0.1, -0.05) is 84.4 Å². The highest BCUT2D eigenvalue weighted by molar-refractivity contribution is 5.70. The van der Waals surface area contributed by atoms with Gasteiger partial charge >= 0.3 is 0 Å². The maximum absolute atomic E-state index is 9.96. The summed E-state index contributed by atoms with van der Waals surface area (Å²) in [6.07, 6.45) is 4.69. The van der Waals surface area contributed by atoms with E-state index in [-0.39, 0.29) is 5.41 Å². The van der Waals surface area contributed by atoms with E-state index in [0.717, 1.165) is 41.8 Å². The minimum atomic E-state index is -0.253. The molecular weight excluding hydrogens is 440 g/mol. The van der Waals surface area contributed by atoms with Crippen molar-refractivity contribution in [3.05, 3.63) is 82.4 Å². The van der Waals surface area contributed by atoms with Crippen LogP contribution in [0, 0.1) is 17.2 Å². The van der Waals surface area contributed by atoms with Crippen LogP contribution < -0.4 is 4.74 Å². The van der Waals surface area contributed by atoms with Crippen LogP contribution in [0.5, 0.6) is 5.75 Å². The van der Waals surface area contributed by atoms with Crippen molar-refractivity contribution in [2.24, 2.45) is 10.9 Å². The molecular formula is C33H40N2O. The number of aliphatic imine (C=N–C) groups is 1. The number of rotatable bonds is 10. The molecule has 0 spiro atoms. The second kappa shape index (κ2) is 12.0. The van der Waals surface area contributed by atoms with Gasteiger partial charge in [0.2, 0.25) is 0 Å². The summed E-state index contributed by atoms with van der Waals surface area (Å²) in [6, 6.07) is 22.0. The smallest absolute Gasteiger partial charge is 0.140 e. The molecule has 36 heavy (non-hydrogen) atoms. The van der Waals surface area contributed by atoms with E-state index in [9.17, 15) is 5.26 Å². The largest absolute Gasteiger partial charge is 0.492 e. The molecule has 0 amide bonds. The summed E-state index contributed by atoms with van der Waals surface area (Å²) >= 11 is 0. The highest BCUT2D eigenvalue weighted by Gasteiger charge is 2.26. The first kappa shape index (κ1) is 27.2. The van der Waals surface area contributed by atoms with Crippen molar-refractivity contribution in [3.63, 3.8) is 0 Å². The summed E-state index contributed by atoms with van der Waals surface area (Å²) in [4.78, 5) is 4.50. The summed E-state index contributed by atoms with van der Waals surface area (Å²) in [5.41, 5.74) is 8.55. The van der Waals surface area contributed by atoms with Crippen molar-refractivity contribution in [1.29, 1.82) is 5.26 Å². The van der Waals surface area contributed by atoms with Gasteiger partial charge in [-0.05, 0) is 77.3 Å². The third-order valence-corrected chi connectivity index (χ3v) is 6.76. The van der Waals surface area contributed by atoms with Gasteiger partial charge in [-0.15, -0.1) is 0 Å². The fourth-order valence-corrected chi connectivity index (χ4v) is 4.57. The first-order valence-electron chi connectivity index (χ1n) is 13.2. The van der Waals surface area contributed by atoms with Crippen LogP contribution in [-0.2, 0) is 18.3 Å². The molecule has 0 unspecified atom stereocenters. The third kappa shape index (κ3) is 6.05. The van der Waals surface area contributed by atoms with E-state index >= 15 is 0 Å². The van der Waals surface area contributed by atoms with E-state index in [1.54, 1.807) is 0 Å². The van der Waals surface area contributed by atoms with Crippen molar-refractivity contribution in [2.45, 2.75) is 73.1 Å². The number of nitriles is 1. The minimum absolute atomic E-state index is 0.253. The van der Waals surface area contributed by atoms with Crippen LogP contribution >= 0.6 is 0 Å². The second-order valence-corrected chi connectivity index (χ2v) is 10.4. The first-order chi connectivity index (χ1) is 17.2. The van der Waals surface area contributed by atoms with Crippen LogP contribution in [0.15, 0.2) is 59.6 Å². The summed E-state index contributed by atoms with van der Waals surface area (Å²) in [5, 5.41) is 9.96. The molecule has 0 bridgehead atoms. The fourth-order valence-electron chi connectivity index (χ4n) is 4.57. The molecule has 0 aliphatic rings. The normalized spacial score (nSPS) is 11.8. The first-order valence-corrected chi connectivity index (χ1v) is 13.2. The van der Waals surface area contributed by atoms with Gasteiger partial charge < -0.3 is 4.74 Å². The Hall–Kier alpha value is -3.38. The summed E-state index contributed by atoms with van der Waals surface area (Å²) < 4.78 is 6.12. The summed E-state index contributed by atoms with van der Waals surface area (Å²) in [7, 11) is 0. The number of ether oxygens (including phenoxy) is 1. The van der Waals surface area contributed by atoms with Gasteiger partial charge in [0.15, 0.2) is 0 Å². The zero-order valence-electron chi connectivity index (χ0n) is 23.0. The lowest BCUT2D eigenvalue weighted by atomic mass is 9.76. The Labute approximate surface area is 217 Å². The Morgan fingerprint density at radius 3 is 2.22 bits per heavy atom. The van der Waals surface area contributed by atoms with Gasteiger partial charge in [0.1, 0.15) is 11.8 Å². The monoisotopic (exact) mass is 480 g/mol. The number of hydrogen-bond acceptors (Lipinski definition) is 3. The van der Waals surface area contributed by atoms with Crippen molar-refractivity contribution in [3.8, 4) is 22.9 Å². The molecule has 0 saturated heterocycles. The van der Waals surface area contributed by atoms with E-state index in [1.807, 2.05) is 19.2 Å². The molecule has 0 aliphatic carbocycles. The van der Waals surface area contributed by atoms with Crippen molar-refractivity contribution >= 4 is 11.9 Å². The predicted molar refractivity (Wildman–Crippen MR) is 153 cm³/mol. The Bertz CT molecular complexity index is 1240. The molecule has 188 valence electrons. The van der Waals surface area contributed by atoms with Crippen LogP contribution in [0.4, 0.5) is 5.69 Å². The van der Waals surface area contributed by atoms with Crippen LogP contribution in [0.3, 0.4) is 0 Å². The summed E-state index contributed by atoms with van der Waals surface area (Å²) in [6.45, 7) is 15.6. The fraction of sp³-hybridized carbons (Fsp3) is 0.394. The molecule has 0 aromatic heterocycles. The van der Waals surface area contributed by atoms with Crippen molar-refractivity contribution < 1.29 is 4.74 Å². The van der Waals surface area contributed by atoms with Gasteiger partial charge in [-0.25, -0.2) is 0 Å². The standard InChI is InChI=1S/C33H40N2O/c1-8-11-27-19-30(20-28(21-34)32(27)36-22-23(4)5)33(6,7)29-15-12-25(13-16-29)26-14-17-31(35-10-3)24(9-2)18-26/h10,12-20,23H,8-9,11,22H2,1-7H3. The highest BCUT2D eigenvalue weighted by atomic mass is 16.5. The van der Waals surface area contributed by atoms with Crippen LogP contribution in [0.1, 0.15) is 82.7 Å². The lowest BCUT2D eigenvalue weighted by Gasteiger charge is -2.28. The van der Waals surface area contributed by atoms with Gasteiger partial charge in [-0.3, -0.25) is 4.99 Å². The number of aryl methyl sites for hydroxylation is 2. The highest BCUT2D eigenvalue weighted by Crippen LogP contribution is 2.38. The molecule has 0 fully saturated rings. The molecule has 0 atom stereocenters. The van der Waals surface area contributed by atoms with Crippen LogP contribution in [-0.4, -0.2) is 12.8 Å². The number of nitrogens with zero attached hydrogens (tertiary/aromatic N) is 2. The zero-order valence-corrected chi connectivity index (χ0v) is 23.0. The average Bonchev–Trinajstić information content (AvgIpc) is 2.88. The second-order valence-electron chi connectivity index (χ2n) is 10.4. The van der Waals surface area contributed by atoms with Crippen LogP contribution in [0.2, 0.25) is 0 Å². The van der Waals surface area contributed by atoms with Crippen molar-refractivity contribution in [1.82, 2.24) is 0 Å². The third-order valence-electron chi connectivity index (χ3n) is 6.76.